The molecule has 0 saturated heterocycles. The van der Waals surface area contributed by atoms with E-state index in [9.17, 15) is 22.0 Å². The van der Waals surface area contributed by atoms with Gasteiger partial charge in [-0.15, -0.1) is 0 Å². The molecule has 0 heterocycles. The topological polar surface area (TPSA) is 32.3 Å². The fourth-order valence-corrected chi connectivity index (χ4v) is 1.39. The number of rotatable bonds is 5. The van der Waals surface area contributed by atoms with Crippen molar-refractivity contribution in [3.8, 4) is 0 Å². The van der Waals surface area contributed by atoms with Gasteiger partial charge in [0.2, 0.25) is 0 Å². The molecule has 0 radical (unpaired) electrons. The second-order valence-electron chi connectivity index (χ2n) is 3.77. The summed E-state index contributed by atoms with van der Waals surface area (Å²) < 4.78 is 63.0. The van der Waals surface area contributed by atoms with Gasteiger partial charge in [0, 0.05) is 6.54 Å². The molecule has 0 spiro atoms. The lowest BCUT2D eigenvalue weighted by Crippen LogP contribution is -2.35. The van der Waals surface area contributed by atoms with Crippen LogP contribution in [-0.2, 0) is 12.7 Å². The zero-order valence-electron chi connectivity index (χ0n) is 9.27. The molecule has 0 saturated carbocycles. The Balaban J connectivity index is 2.69. The number of nitrogens with one attached hydrogen (secondary N) is 1. The van der Waals surface area contributed by atoms with E-state index >= 15 is 0 Å². The molecule has 7 heteroatoms. The van der Waals surface area contributed by atoms with Crippen LogP contribution < -0.4 is 5.32 Å². The van der Waals surface area contributed by atoms with Crippen LogP contribution in [0.3, 0.4) is 0 Å². The molecule has 0 aliphatic rings. The monoisotopic (exact) mass is 269 g/mol. The molecule has 0 amide bonds. The molecule has 1 aromatic carbocycles. The van der Waals surface area contributed by atoms with Crippen LogP contribution in [0.2, 0.25) is 0 Å². The van der Waals surface area contributed by atoms with E-state index in [1.54, 1.807) is 0 Å². The van der Waals surface area contributed by atoms with Gasteiger partial charge in [-0.1, -0.05) is 18.2 Å². The molecule has 102 valence electrons. The van der Waals surface area contributed by atoms with Gasteiger partial charge in [0.1, 0.15) is 6.61 Å². The van der Waals surface area contributed by atoms with Crippen LogP contribution >= 0.6 is 0 Å². The van der Waals surface area contributed by atoms with E-state index < -0.39 is 30.8 Å². The molecule has 0 bridgehead atoms. The molecule has 1 aromatic rings. The third-order valence-corrected chi connectivity index (χ3v) is 2.25. The molecule has 1 rings (SSSR count). The Kier molecular flexibility index (Phi) is 4.64. The molecule has 0 aromatic heterocycles. The lowest BCUT2D eigenvalue weighted by atomic mass is 10.1. The van der Waals surface area contributed by atoms with Crippen molar-refractivity contribution in [3.63, 3.8) is 0 Å². The van der Waals surface area contributed by atoms with Gasteiger partial charge < -0.3 is 10.4 Å². The summed E-state index contributed by atoms with van der Waals surface area (Å²) in [5.74, 6) is -3.34. The van der Waals surface area contributed by atoms with Crippen molar-refractivity contribution in [1.82, 2.24) is 5.32 Å². The summed E-state index contributed by atoms with van der Waals surface area (Å²) >= 11 is 0. The van der Waals surface area contributed by atoms with Gasteiger partial charge in [0.25, 0.3) is 5.92 Å². The van der Waals surface area contributed by atoms with Crippen molar-refractivity contribution in [2.24, 2.45) is 0 Å². The average Bonchev–Trinajstić information content (AvgIpc) is 2.28. The highest BCUT2D eigenvalue weighted by Crippen LogP contribution is 2.31. The Hall–Kier alpha value is -1.21. The summed E-state index contributed by atoms with van der Waals surface area (Å²) in [5, 5.41) is 10.5. The first-order valence-corrected chi connectivity index (χ1v) is 5.11. The number of aliphatic hydroxyl groups is 1. The summed E-state index contributed by atoms with van der Waals surface area (Å²) in [7, 11) is 0. The van der Waals surface area contributed by atoms with Crippen LogP contribution in [0.15, 0.2) is 24.3 Å². The second kappa shape index (κ2) is 5.62. The maximum absolute atomic E-state index is 12.7. The Morgan fingerprint density at radius 2 is 1.67 bits per heavy atom. The molecule has 0 unspecified atom stereocenters. The summed E-state index contributed by atoms with van der Waals surface area (Å²) in [5.41, 5.74) is -0.969. The average molecular weight is 269 g/mol. The normalized spacial score (nSPS) is 12.8. The van der Waals surface area contributed by atoms with E-state index in [-0.39, 0.29) is 12.1 Å². The lowest BCUT2D eigenvalue weighted by molar-refractivity contribution is -0.138. The summed E-state index contributed by atoms with van der Waals surface area (Å²) in [4.78, 5) is 0. The molecule has 2 nitrogen and oxygen atoms in total. The molecule has 0 atom stereocenters. The van der Waals surface area contributed by atoms with Crippen molar-refractivity contribution in [1.29, 1.82) is 0 Å². The Labute approximate surface area is 100 Å². The SMILES string of the molecule is OCC(F)(F)CNCc1ccccc1C(F)(F)F. The van der Waals surface area contributed by atoms with Crippen LogP contribution in [0.5, 0.6) is 0 Å². The highest BCUT2D eigenvalue weighted by molar-refractivity contribution is 5.29. The number of hydrogen-bond acceptors (Lipinski definition) is 2. The van der Waals surface area contributed by atoms with Gasteiger partial charge in [0.05, 0.1) is 12.1 Å². The predicted molar refractivity (Wildman–Crippen MR) is 55.2 cm³/mol. The Morgan fingerprint density at radius 1 is 1.06 bits per heavy atom. The van der Waals surface area contributed by atoms with Crippen molar-refractivity contribution in [2.75, 3.05) is 13.2 Å². The first-order valence-electron chi connectivity index (χ1n) is 5.11. The molecule has 0 aliphatic carbocycles. The number of hydrogen-bond donors (Lipinski definition) is 2. The van der Waals surface area contributed by atoms with Crippen LogP contribution in [0, 0.1) is 0 Å². The van der Waals surface area contributed by atoms with E-state index in [1.165, 1.54) is 18.2 Å². The Morgan fingerprint density at radius 3 is 2.22 bits per heavy atom. The number of halogens is 5. The molecule has 0 aliphatic heterocycles. The van der Waals surface area contributed by atoms with Gasteiger partial charge >= 0.3 is 6.18 Å². The van der Waals surface area contributed by atoms with Crippen molar-refractivity contribution < 1.29 is 27.1 Å². The maximum Gasteiger partial charge on any atom is 0.416 e. The first kappa shape index (κ1) is 14.8. The van der Waals surface area contributed by atoms with Crippen LogP contribution in [0.4, 0.5) is 22.0 Å². The molecule has 18 heavy (non-hydrogen) atoms. The largest absolute Gasteiger partial charge is 0.416 e. The summed E-state index contributed by atoms with van der Waals surface area (Å²) in [6, 6.07) is 4.74. The number of aliphatic hydroxyl groups excluding tert-OH is 1. The highest BCUT2D eigenvalue weighted by atomic mass is 19.4. The maximum atomic E-state index is 12.7. The zero-order chi connectivity index (χ0) is 13.8. The minimum atomic E-state index is -4.52. The van der Waals surface area contributed by atoms with E-state index in [0.717, 1.165) is 6.07 Å². The van der Waals surface area contributed by atoms with E-state index in [0.29, 0.717) is 0 Å². The van der Waals surface area contributed by atoms with Gasteiger partial charge in [-0.25, -0.2) is 8.78 Å². The van der Waals surface area contributed by atoms with E-state index in [1.807, 2.05) is 0 Å². The second-order valence-corrected chi connectivity index (χ2v) is 3.77. The van der Waals surface area contributed by atoms with Gasteiger partial charge in [0.15, 0.2) is 0 Å². The van der Waals surface area contributed by atoms with Gasteiger partial charge in [-0.2, -0.15) is 13.2 Å². The fraction of sp³-hybridized carbons (Fsp3) is 0.455. The Bertz CT molecular complexity index is 391. The van der Waals surface area contributed by atoms with Crippen LogP contribution in [-0.4, -0.2) is 24.2 Å². The van der Waals surface area contributed by atoms with E-state index in [4.69, 9.17) is 5.11 Å². The molecular formula is C11H12F5NO. The third-order valence-electron chi connectivity index (χ3n) is 2.25. The third kappa shape index (κ3) is 4.23. The van der Waals surface area contributed by atoms with Crippen LogP contribution in [0.1, 0.15) is 11.1 Å². The standard InChI is InChI=1S/C11H12F5NO/c12-10(13,7-18)6-17-5-8-3-1-2-4-9(8)11(14,15)16/h1-4,17-18H,5-7H2. The summed E-state index contributed by atoms with van der Waals surface area (Å²) in [6.45, 7) is -2.57. The lowest BCUT2D eigenvalue weighted by Gasteiger charge is -2.16. The molecule has 0 fully saturated rings. The van der Waals surface area contributed by atoms with Crippen LogP contribution in [0.25, 0.3) is 0 Å². The van der Waals surface area contributed by atoms with Gasteiger partial charge in [-0.05, 0) is 11.6 Å². The predicted octanol–water partition coefficient (Wildman–Crippen LogP) is 2.42. The highest BCUT2D eigenvalue weighted by Gasteiger charge is 2.33. The van der Waals surface area contributed by atoms with E-state index in [2.05, 4.69) is 5.32 Å². The zero-order valence-corrected chi connectivity index (χ0v) is 9.27. The minimum Gasteiger partial charge on any atom is -0.390 e. The quantitative estimate of drug-likeness (QED) is 0.805. The minimum absolute atomic E-state index is 0.112. The first-order chi connectivity index (χ1) is 8.26. The van der Waals surface area contributed by atoms with Gasteiger partial charge in [-0.3, -0.25) is 0 Å². The van der Waals surface area contributed by atoms with Crippen molar-refractivity contribution >= 4 is 0 Å². The number of benzene rings is 1. The summed E-state index contributed by atoms with van der Waals surface area (Å²) in [6.07, 6.45) is -4.52. The fourth-order valence-electron chi connectivity index (χ4n) is 1.39. The molecule has 2 N–H and O–H groups in total. The molecular weight excluding hydrogens is 257 g/mol. The number of alkyl halides is 5. The van der Waals surface area contributed by atoms with Crippen molar-refractivity contribution in [3.05, 3.63) is 35.4 Å². The van der Waals surface area contributed by atoms with Crippen molar-refractivity contribution in [2.45, 2.75) is 18.6 Å². The smallest absolute Gasteiger partial charge is 0.390 e.